The van der Waals surface area contributed by atoms with Gasteiger partial charge in [-0.05, 0) is 89.7 Å². The zero-order valence-electron chi connectivity index (χ0n) is 20.9. The minimum Gasteiger partial charge on any atom is -0.393 e. The Morgan fingerprint density at radius 3 is 2.15 bits per heavy atom. The molecule has 0 bridgehead atoms. The topological polar surface area (TPSA) is 60.7 Å². The number of benzene rings is 2. The van der Waals surface area contributed by atoms with Gasteiger partial charge in [0.05, 0.1) is 19.3 Å². The molecule has 0 spiro atoms. The summed E-state index contributed by atoms with van der Waals surface area (Å²) in [4.78, 5) is 0. The molecule has 2 aromatic carbocycles. The molecular formula is C30H44O3. The third kappa shape index (κ3) is 6.47. The maximum absolute atomic E-state index is 10.3. The molecule has 0 amide bonds. The van der Waals surface area contributed by atoms with Gasteiger partial charge in [-0.1, -0.05) is 76.4 Å². The molecule has 3 nitrogen and oxygen atoms in total. The monoisotopic (exact) mass is 452 g/mol. The van der Waals surface area contributed by atoms with Crippen LogP contribution in [0.3, 0.4) is 0 Å². The summed E-state index contributed by atoms with van der Waals surface area (Å²) < 4.78 is 0. The van der Waals surface area contributed by atoms with E-state index in [0.717, 1.165) is 43.2 Å². The standard InChI is InChI=1S/C30H44O3/c1-4-24-19-28(12-10-25(24)11-13-29(33)22(2)3)30(15-6-5-7-16-30)17-14-23-8-9-26(20-31)27(18-23)21-32/h8-10,12,18-19,22,29,31-33H,4-7,11,13-17,20-21H2,1-3H3. The summed E-state index contributed by atoms with van der Waals surface area (Å²) >= 11 is 0. The van der Waals surface area contributed by atoms with Gasteiger partial charge in [0.25, 0.3) is 0 Å². The normalized spacial score (nSPS) is 16.8. The van der Waals surface area contributed by atoms with Gasteiger partial charge in [0.15, 0.2) is 0 Å². The van der Waals surface area contributed by atoms with Crippen molar-refractivity contribution in [2.45, 2.75) is 110 Å². The highest BCUT2D eigenvalue weighted by Gasteiger charge is 2.34. The quantitative estimate of drug-likeness (QED) is 0.391. The summed E-state index contributed by atoms with van der Waals surface area (Å²) in [7, 11) is 0. The molecule has 2 aromatic rings. The summed E-state index contributed by atoms with van der Waals surface area (Å²) in [5.74, 6) is 0.303. The summed E-state index contributed by atoms with van der Waals surface area (Å²) in [6.45, 7) is 6.36. The van der Waals surface area contributed by atoms with Crippen LogP contribution >= 0.6 is 0 Å². The van der Waals surface area contributed by atoms with Crippen LogP contribution in [-0.4, -0.2) is 21.4 Å². The fourth-order valence-corrected chi connectivity index (χ4v) is 5.60. The van der Waals surface area contributed by atoms with E-state index in [4.69, 9.17) is 0 Å². The van der Waals surface area contributed by atoms with Gasteiger partial charge in [0.1, 0.15) is 0 Å². The Balaban J connectivity index is 1.81. The lowest BCUT2D eigenvalue weighted by Gasteiger charge is -2.39. The lowest BCUT2D eigenvalue weighted by atomic mass is 9.66. The minimum atomic E-state index is -0.236. The zero-order valence-corrected chi connectivity index (χ0v) is 20.9. The van der Waals surface area contributed by atoms with Gasteiger partial charge in [-0.2, -0.15) is 0 Å². The van der Waals surface area contributed by atoms with E-state index in [1.54, 1.807) is 0 Å². The summed E-state index contributed by atoms with van der Waals surface area (Å²) in [5, 5.41) is 29.5. The molecule has 3 rings (SSSR count). The van der Waals surface area contributed by atoms with E-state index in [2.05, 4.69) is 51.1 Å². The molecule has 1 aliphatic rings. The Hall–Kier alpha value is -1.68. The van der Waals surface area contributed by atoms with Crippen molar-refractivity contribution >= 4 is 0 Å². The van der Waals surface area contributed by atoms with Crippen LogP contribution in [0.25, 0.3) is 0 Å². The molecule has 33 heavy (non-hydrogen) atoms. The van der Waals surface area contributed by atoms with Gasteiger partial charge < -0.3 is 15.3 Å². The highest BCUT2D eigenvalue weighted by atomic mass is 16.3. The molecule has 1 fully saturated rings. The summed E-state index contributed by atoms with van der Waals surface area (Å²) in [5.41, 5.74) is 7.43. The molecule has 0 aliphatic heterocycles. The van der Waals surface area contributed by atoms with Crippen molar-refractivity contribution in [2.75, 3.05) is 0 Å². The van der Waals surface area contributed by atoms with Gasteiger partial charge in [-0.3, -0.25) is 0 Å². The van der Waals surface area contributed by atoms with Gasteiger partial charge in [0, 0.05) is 0 Å². The van der Waals surface area contributed by atoms with Gasteiger partial charge in [-0.25, -0.2) is 0 Å². The highest BCUT2D eigenvalue weighted by Crippen LogP contribution is 2.43. The maximum Gasteiger partial charge on any atom is 0.0685 e. The average molecular weight is 453 g/mol. The van der Waals surface area contributed by atoms with E-state index in [-0.39, 0.29) is 24.7 Å². The largest absolute Gasteiger partial charge is 0.393 e. The van der Waals surface area contributed by atoms with Crippen molar-refractivity contribution in [2.24, 2.45) is 5.92 Å². The molecule has 0 aromatic heterocycles. The molecule has 0 saturated heterocycles. The molecule has 1 unspecified atom stereocenters. The number of hydrogen-bond donors (Lipinski definition) is 3. The molecule has 3 N–H and O–H groups in total. The smallest absolute Gasteiger partial charge is 0.0685 e. The first-order chi connectivity index (χ1) is 15.9. The maximum atomic E-state index is 10.3. The van der Waals surface area contributed by atoms with E-state index < -0.39 is 0 Å². The predicted molar refractivity (Wildman–Crippen MR) is 136 cm³/mol. The van der Waals surface area contributed by atoms with Crippen LogP contribution < -0.4 is 0 Å². The van der Waals surface area contributed by atoms with Crippen LogP contribution in [-0.2, 0) is 37.9 Å². The Kier molecular flexibility index (Phi) is 9.55. The average Bonchev–Trinajstić information content (AvgIpc) is 2.86. The zero-order chi connectivity index (χ0) is 23.8. The van der Waals surface area contributed by atoms with E-state index in [1.165, 1.54) is 54.4 Å². The van der Waals surface area contributed by atoms with Gasteiger partial charge in [0.2, 0.25) is 0 Å². The van der Waals surface area contributed by atoms with Crippen molar-refractivity contribution in [3.63, 3.8) is 0 Å². The van der Waals surface area contributed by atoms with E-state index in [0.29, 0.717) is 5.92 Å². The van der Waals surface area contributed by atoms with Crippen molar-refractivity contribution < 1.29 is 15.3 Å². The van der Waals surface area contributed by atoms with Gasteiger partial charge in [-0.15, -0.1) is 0 Å². The van der Waals surface area contributed by atoms with Crippen molar-refractivity contribution in [3.05, 3.63) is 69.8 Å². The Morgan fingerprint density at radius 2 is 1.52 bits per heavy atom. The van der Waals surface area contributed by atoms with E-state index >= 15 is 0 Å². The minimum absolute atomic E-state index is 0.0261. The molecule has 3 heteroatoms. The number of hydrogen-bond acceptors (Lipinski definition) is 3. The number of aliphatic hydroxyl groups excluding tert-OH is 3. The molecule has 0 radical (unpaired) electrons. The molecule has 1 saturated carbocycles. The first-order valence-corrected chi connectivity index (χ1v) is 13.0. The molecule has 0 heterocycles. The van der Waals surface area contributed by atoms with Crippen LogP contribution in [0.4, 0.5) is 0 Å². The lowest BCUT2D eigenvalue weighted by molar-refractivity contribution is 0.116. The Morgan fingerprint density at radius 1 is 0.818 bits per heavy atom. The first-order valence-electron chi connectivity index (χ1n) is 13.0. The summed E-state index contributed by atoms with van der Waals surface area (Å²) in [6.07, 6.45) is 11.0. The Labute approximate surface area is 200 Å². The number of aryl methyl sites for hydroxylation is 3. The lowest BCUT2D eigenvalue weighted by Crippen LogP contribution is -2.30. The third-order valence-electron chi connectivity index (χ3n) is 7.99. The molecule has 1 atom stereocenters. The van der Waals surface area contributed by atoms with Gasteiger partial charge >= 0.3 is 0 Å². The van der Waals surface area contributed by atoms with Crippen LogP contribution in [0.5, 0.6) is 0 Å². The molecular weight excluding hydrogens is 408 g/mol. The van der Waals surface area contributed by atoms with Crippen LogP contribution in [0.1, 0.15) is 99.1 Å². The fraction of sp³-hybridized carbons (Fsp3) is 0.600. The van der Waals surface area contributed by atoms with Crippen molar-refractivity contribution in [1.29, 1.82) is 0 Å². The SMILES string of the molecule is CCc1cc(C2(CCc3ccc(CO)c(CO)c3)CCCCC2)ccc1CCC(O)C(C)C. The summed E-state index contributed by atoms with van der Waals surface area (Å²) in [6, 6.07) is 13.3. The first kappa shape index (κ1) is 25.9. The highest BCUT2D eigenvalue weighted by molar-refractivity contribution is 5.38. The number of aliphatic hydroxyl groups is 3. The Bertz CT molecular complexity index is 880. The number of rotatable bonds is 11. The second kappa shape index (κ2) is 12.1. The second-order valence-electron chi connectivity index (χ2n) is 10.4. The molecule has 1 aliphatic carbocycles. The third-order valence-corrected chi connectivity index (χ3v) is 7.99. The fourth-order valence-electron chi connectivity index (χ4n) is 5.60. The molecule has 182 valence electrons. The van der Waals surface area contributed by atoms with Crippen LogP contribution in [0.15, 0.2) is 36.4 Å². The van der Waals surface area contributed by atoms with Crippen molar-refractivity contribution in [3.8, 4) is 0 Å². The van der Waals surface area contributed by atoms with Crippen LogP contribution in [0, 0.1) is 5.92 Å². The second-order valence-corrected chi connectivity index (χ2v) is 10.4. The van der Waals surface area contributed by atoms with E-state index in [9.17, 15) is 15.3 Å². The van der Waals surface area contributed by atoms with Crippen LogP contribution in [0.2, 0.25) is 0 Å². The van der Waals surface area contributed by atoms with Crippen molar-refractivity contribution in [1.82, 2.24) is 0 Å². The van der Waals surface area contributed by atoms with E-state index in [1.807, 2.05) is 6.07 Å². The predicted octanol–water partition coefficient (Wildman–Crippen LogP) is 6.02.